The highest BCUT2D eigenvalue weighted by Crippen LogP contribution is 2.34. The van der Waals surface area contributed by atoms with Gasteiger partial charge in [0.25, 0.3) is 10.0 Å². The molecule has 0 aliphatic rings. The van der Waals surface area contributed by atoms with Gasteiger partial charge in [0, 0.05) is 5.69 Å². The molecule has 0 radical (unpaired) electrons. The first-order valence-corrected chi connectivity index (χ1v) is 7.78. The second kappa shape index (κ2) is 5.38. The number of anilines is 1. The molecule has 0 saturated carbocycles. The maximum atomic E-state index is 12.8. The van der Waals surface area contributed by atoms with Crippen LogP contribution in [0.15, 0.2) is 39.9 Å². The molecular formula is C12H7F3N2O2S2. The van der Waals surface area contributed by atoms with Crippen LogP contribution in [0.5, 0.6) is 0 Å². The molecule has 9 heteroatoms. The Bertz CT molecular complexity index is 791. The van der Waals surface area contributed by atoms with Crippen LogP contribution in [0, 0.1) is 11.3 Å². The Labute approximate surface area is 122 Å². The molecule has 0 fully saturated rings. The molecule has 21 heavy (non-hydrogen) atoms. The van der Waals surface area contributed by atoms with E-state index < -0.39 is 27.3 Å². The van der Waals surface area contributed by atoms with E-state index in [-0.39, 0.29) is 9.90 Å². The fourth-order valence-corrected chi connectivity index (χ4v) is 3.60. The number of hydrogen-bond acceptors (Lipinski definition) is 4. The summed E-state index contributed by atoms with van der Waals surface area (Å²) in [5.74, 6) is 0. The number of alkyl halides is 3. The first kappa shape index (κ1) is 15.3. The number of rotatable bonds is 3. The van der Waals surface area contributed by atoms with Crippen LogP contribution < -0.4 is 4.72 Å². The predicted octanol–water partition coefficient (Wildman–Crippen LogP) is 3.44. The molecule has 0 bridgehead atoms. The molecule has 0 spiro atoms. The highest BCUT2D eigenvalue weighted by Gasteiger charge is 2.34. The van der Waals surface area contributed by atoms with Gasteiger partial charge in [-0.3, -0.25) is 4.72 Å². The standard InChI is InChI=1S/C12H7F3N2O2S2/c13-12(14,15)10-6-9(4-3-8(10)7-16)17-21(18,19)11-2-1-5-20-11/h1-6,17H. The molecule has 0 amide bonds. The Morgan fingerprint density at radius 2 is 1.95 bits per heavy atom. The van der Waals surface area contributed by atoms with Crippen molar-refractivity contribution in [1.82, 2.24) is 0 Å². The van der Waals surface area contributed by atoms with E-state index in [4.69, 9.17) is 5.26 Å². The number of sulfonamides is 1. The fraction of sp³-hybridized carbons (Fsp3) is 0.0833. The van der Waals surface area contributed by atoms with Crippen LogP contribution in [0.25, 0.3) is 0 Å². The quantitative estimate of drug-likeness (QED) is 0.936. The smallest absolute Gasteiger partial charge is 0.279 e. The molecule has 4 nitrogen and oxygen atoms in total. The number of hydrogen-bond donors (Lipinski definition) is 1. The number of nitrogens with one attached hydrogen (secondary N) is 1. The Hall–Kier alpha value is -2.05. The van der Waals surface area contributed by atoms with Crippen LogP contribution in [0.4, 0.5) is 18.9 Å². The number of nitriles is 1. The molecule has 2 aromatic rings. The number of halogens is 3. The third kappa shape index (κ3) is 3.34. The van der Waals surface area contributed by atoms with Crippen LogP contribution in [0.2, 0.25) is 0 Å². The van der Waals surface area contributed by atoms with E-state index in [0.29, 0.717) is 6.07 Å². The third-order valence-corrected chi connectivity index (χ3v) is 5.24. The second-order valence-corrected chi connectivity index (χ2v) is 6.76. The summed E-state index contributed by atoms with van der Waals surface area (Å²) in [4.78, 5) is 0. The van der Waals surface area contributed by atoms with Crippen molar-refractivity contribution in [3.05, 3.63) is 46.8 Å². The van der Waals surface area contributed by atoms with Crippen molar-refractivity contribution in [2.45, 2.75) is 10.4 Å². The zero-order chi connectivity index (χ0) is 15.7. The van der Waals surface area contributed by atoms with Gasteiger partial charge in [-0.25, -0.2) is 8.42 Å². The van der Waals surface area contributed by atoms with Gasteiger partial charge in [0.2, 0.25) is 0 Å². The fourth-order valence-electron chi connectivity index (χ4n) is 1.56. The molecule has 0 saturated heterocycles. The maximum Gasteiger partial charge on any atom is 0.417 e. The summed E-state index contributed by atoms with van der Waals surface area (Å²) in [5.41, 5.74) is -2.01. The number of thiophene rings is 1. The number of benzene rings is 1. The topological polar surface area (TPSA) is 70.0 Å². The van der Waals surface area contributed by atoms with Gasteiger partial charge in [0.15, 0.2) is 0 Å². The summed E-state index contributed by atoms with van der Waals surface area (Å²) in [6.45, 7) is 0. The zero-order valence-electron chi connectivity index (χ0n) is 10.2. The van der Waals surface area contributed by atoms with Crippen LogP contribution in [-0.2, 0) is 16.2 Å². The highest BCUT2D eigenvalue weighted by atomic mass is 32.2. The van der Waals surface area contributed by atoms with E-state index in [0.717, 1.165) is 23.5 Å². The molecular weight excluding hydrogens is 325 g/mol. The van der Waals surface area contributed by atoms with Gasteiger partial charge in [0.1, 0.15) is 4.21 Å². The van der Waals surface area contributed by atoms with Crippen molar-refractivity contribution in [2.24, 2.45) is 0 Å². The minimum atomic E-state index is -4.74. The van der Waals surface area contributed by atoms with Crippen LogP contribution in [-0.4, -0.2) is 8.42 Å². The summed E-state index contributed by atoms with van der Waals surface area (Å²) in [5, 5.41) is 10.2. The average molecular weight is 332 g/mol. The molecule has 110 valence electrons. The van der Waals surface area contributed by atoms with Crippen LogP contribution in [0.3, 0.4) is 0 Å². The van der Waals surface area contributed by atoms with Crippen molar-refractivity contribution in [3.8, 4) is 6.07 Å². The monoisotopic (exact) mass is 332 g/mol. The second-order valence-electron chi connectivity index (χ2n) is 3.91. The first-order chi connectivity index (χ1) is 9.74. The van der Waals surface area contributed by atoms with Gasteiger partial charge in [-0.1, -0.05) is 6.07 Å². The average Bonchev–Trinajstić information content (AvgIpc) is 2.92. The number of nitrogens with zero attached hydrogens (tertiary/aromatic N) is 1. The van der Waals surface area contributed by atoms with Crippen molar-refractivity contribution < 1.29 is 21.6 Å². The molecule has 1 N–H and O–H groups in total. The molecule has 0 unspecified atom stereocenters. The van der Waals surface area contributed by atoms with Crippen LogP contribution in [0.1, 0.15) is 11.1 Å². The Morgan fingerprint density at radius 3 is 2.48 bits per heavy atom. The molecule has 1 aromatic carbocycles. The molecule has 0 atom stereocenters. The summed E-state index contributed by atoms with van der Waals surface area (Å²) >= 11 is 0.941. The zero-order valence-corrected chi connectivity index (χ0v) is 11.8. The van der Waals surface area contributed by atoms with Crippen LogP contribution >= 0.6 is 11.3 Å². The van der Waals surface area contributed by atoms with E-state index in [1.807, 2.05) is 0 Å². The largest absolute Gasteiger partial charge is 0.417 e. The highest BCUT2D eigenvalue weighted by molar-refractivity contribution is 7.94. The first-order valence-electron chi connectivity index (χ1n) is 5.42. The minimum Gasteiger partial charge on any atom is -0.279 e. The van der Waals surface area contributed by atoms with Crippen molar-refractivity contribution in [3.63, 3.8) is 0 Å². The minimum absolute atomic E-state index is 0.0135. The molecule has 1 aromatic heterocycles. The van der Waals surface area contributed by atoms with Gasteiger partial charge in [-0.2, -0.15) is 18.4 Å². The molecule has 0 aliphatic carbocycles. The summed E-state index contributed by atoms with van der Waals surface area (Å²) in [7, 11) is -3.93. The van der Waals surface area contributed by atoms with Crippen molar-refractivity contribution in [2.75, 3.05) is 4.72 Å². The SMILES string of the molecule is N#Cc1ccc(NS(=O)(=O)c2cccs2)cc1C(F)(F)F. The summed E-state index contributed by atoms with van der Waals surface area (Å²) < 4.78 is 64.3. The van der Waals surface area contributed by atoms with Gasteiger partial charge in [-0.15, -0.1) is 11.3 Å². The third-order valence-electron chi connectivity index (χ3n) is 2.46. The Balaban J connectivity index is 2.41. The van der Waals surface area contributed by atoms with E-state index in [2.05, 4.69) is 4.72 Å². The predicted molar refractivity (Wildman–Crippen MR) is 71.3 cm³/mol. The maximum absolute atomic E-state index is 12.8. The van der Waals surface area contributed by atoms with E-state index in [1.165, 1.54) is 23.6 Å². The lowest BCUT2D eigenvalue weighted by molar-refractivity contribution is -0.137. The van der Waals surface area contributed by atoms with Gasteiger partial charge >= 0.3 is 6.18 Å². The normalized spacial score (nSPS) is 11.9. The van der Waals surface area contributed by atoms with Crippen molar-refractivity contribution >= 4 is 27.0 Å². The van der Waals surface area contributed by atoms with E-state index in [9.17, 15) is 21.6 Å². The van der Waals surface area contributed by atoms with Gasteiger partial charge in [0.05, 0.1) is 17.2 Å². The van der Waals surface area contributed by atoms with Gasteiger partial charge in [-0.05, 0) is 29.6 Å². The Morgan fingerprint density at radius 1 is 1.24 bits per heavy atom. The lowest BCUT2D eigenvalue weighted by Crippen LogP contribution is -2.13. The lowest BCUT2D eigenvalue weighted by atomic mass is 10.1. The molecule has 0 aliphatic heterocycles. The van der Waals surface area contributed by atoms with Gasteiger partial charge < -0.3 is 0 Å². The van der Waals surface area contributed by atoms with E-state index >= 15 is 0 Å². The summed E-state index contributed by atoms with van der Waals surface area (Å²) in [6, 6.07) is 6.91. The molecule has 1 heterocycles. The molecule has 2 rings (SSSR count). The van der Waals surface area contributed by atoms with Crippen molar-refractivity contribution in [1.29, 1.82) is 5.26 Å². The van der Waals surface area contributed by atoms with E-state index in [1.54, 1.807) is 0 Å². The summed E-state index contributed by atoms with van der Waals surface area (Å²) in [6.07, 6.45) is -4.74. The lowest BCUT2D eigenvalue weighted by Gasteiger charge is -2.12. The Kier molecular flexibility index (Phi) is 3.93.